The molecule has 1 aromatic heterocycles. The number of hydrogen-bond donors (Lipinski definition) is 1. The molecule has 128 valence electrons. The molecule has 0 radical (unpaired) electrons. The first kappa shape index (κ1) is 16.0. The highest BCUT2D eigenvalue weighted by Gasteiger charge is 2.40. The smallest absolute Gasteiger partial charge is 0.310 e. The Morgan fingerprint density at radius 2 is 2.04 bits per heavy atom. The lowest BCUT2D eigenvalue weighted by molar-refractivity contribution is -0.152. The van der Waals surface area contributed by atoms with Crippen LogP contribution in [0.3, 0.4) is 0 Å². The van der Waals surface area contributed by atoms with Crippen LogP contribution in [0, 0.1) is 17.8 Å². The number of nitrogens with zero attached hydrogens (tertiary/aromatic N) is 1. The van der Waals surface area contributed by atoms with E-state index in [1.54, 1.807) is 0 Å². The molecule has 0 aliphatic heterocycles. The maximum atomic E-state index is 12.1. The number of nitrogens with one attached hydrogen (secondary N) is 1. The zero-order chi connectivity index (χ0) is 17.2. The van der Waals surface area contributed by atoms with E-state index in [0.717, 1.165) is 24.1 Å². The second-order valence-corrected chi connectivity index (χ2v) is 7.30. The summed E-state index contributed by atoms with van der Waals surface area (Å²) >= 11 is 1.35. The van der Waals surface area contributed by atoms with Gasteiger partial charge in [-0.05, 0) is 24.7 Å². The first-order valence-corrected chi connectivity index (χ1v) is 9.23. The van der Waals surface area contributed by atoms with Gasteiger partial charge < -0.3 is 4.74 Å². The molecule has 1 amide bonds. The molecule has 2 aliphatic carbocycles. The summed E-state index contributed by atoms with van der Waals surface area (Å²) < 4.78 is 5.20. The van der Waals surface area contributed by atoms with Crippen LogP contribution in [0.15, 0.2) is 47.9 Å². The molecule has 0 saturated heterocycles. The summed E-state index contributed by atoms with van der Waals surface area (Å²) in [6.45, 7) is -0.267. The normalized spacial score (nSPS) is 23.6. The second kappa shape index (κ2) is 6.80. The van der Waals surface area contributed by atoms with Crippen molar-refractivity contribution in [3.05, 3.63) is 47.9 Å². The van der Waals surface area contributed by atoms with Crippen molar-refractivity contribution in [2.75, 3.05) is 11.9 Å². The molecule has 1 N–H and O–H groups in total. The molecule has 1 saturated carbocycles. The molecule has 0 unspecified atom stereocenters. The number of esters is 1. The average molecular weight is 354 g/mol. The number of allylic oxidation sites excluding steroid dienone is 2. The van der Waals surface area contributed by atoms with E-state index in [0.29, 0.717) is 11.0 Å². The number of rotatable bonds is 5. The van der Waals surface area contributed by atoms with Crippen LogP contribution in [0.1, 0.15) is 12.8 Å². The maximum Gasteiger partial charge on any atom is 0.310 e. The van der Waals surface area contributed by atoms with Gasteiger partial charge in [-0.3, -0.25) is 14.9 Å². The van der Waals surface area contributed by atoms with Crippen LogP contribution in [-0.4, -0.2) is 23.5 Å². The molecule has 2 aliphatic rings. The third-order valence-electron chi connectivity index (χ3n) is 4.75. The molecular weight excluding hydrogens is 336 g/mol. The number of hydrogen-bond acceptors (Lipinski definition) is 5. The lowest BCUT2D eigenvalue weighted by Gasteiger charge is -2.16. The number of carbonyl (C=O) groups excluding carboxylic acids is 2. The van der Waals surface area contributed by atoms with Gasteiger partial charge in [0.15, 0.2) is 11.7 Å². The Bertz CT molecular complexity index is 815. The summed E-state index contributed by atoms with van der Waals surface area (Å²) in [5, 5.41) is 5.08. The van der Waals surface area contributed by atoms with Gasteiger partial charge in [-0.1, -0.05) is 42.5 Å². The monoisotopic (exact) mass is 354 g/mol. The average Bonchev–Trinajstić information content (AvgIpc) is 3.37. The Kier molecular flexibility index (Phi) is 4.36. The van der Waals surface area contributed by atoms with Crippen molar-refractivity contribution >= 4 is 28.3 Å². The molecule has 4 rings (SSSR count). The quantitative estimate of drug-likeness (QED) is 0.659. The van der Waals surface area contributed by atoms with E-state index < -0.39 is 0 Å². The third kappa shape index (κ3) is 3.49. The minimum atomic E-state index is -0.360. The van der Waals surface area contributed by atoms with Crippen LogP contribution in [0.4, 0.5) is 5.13 Å². The standard InChI is InChI=1S/C19H18N2O3S/c22-17(10-24-18(23)15-9-12-6-7-14(15)8-12)21-19-20-16(11-25-19)13-4-2-1-3-5-13/h1-7,11-12,14-15H,8-10H2,(H,20,21,22)/t12-,14+,15+/m1/s1. The number of aromatic nitrogens is 1. The van der Waals surface area contributed by atoms with Crippen LogP contribution in [0.2, 0.25) is 0 Å². The molecule has 1 aromatic carbocycles. The summed E-state index contributed by atoms with van der Waals surface area (Å²) in [6, 6.07) is 9.76. The molecule has 6 heteroatoms. The number of anilines is 1. The van der Waals surface area contributed by atoms with E-state index in [-0.39, 0.29) is 30.3 Å². The molecule has 3 atom stereocenters. The van der Waals surface area contributed by atoms with Crippen LogP contribution in [-0.2, 0) is 14.3 Å². The van der Waals surface area contributed by atoms with Gasteiger partial charge in [0, 0.05) is 10.9 Å². The molecule has 25 heavy (non-hydrogen) atoms. The highest BCUT2D eigenvalue weighted by atomic mass is 32.1. The lowest BCUT2D eigenvalue weighted by atomic mass is 9.94. The number of amides is 1. The Morgan fingerprint density at radius 3 is 2.76 bits per heavy atom. The van der Waals surface area contributed by atoms with E-state index in [1.165, 1.54) is 11.3 Å². The largest absolute Gasteiger partial charge is 0.455 e. The van der Waals surface area contributed by atoms with Crippen molar-refractivity contribution in [2.45, 2.75) is 12.8 Å². The van der Waals surface area contributed by atoms with Gasteiger partial charge in [0.1, 0.15) is 0 Å². The zero-order valence-corrected chi connectivity index (χ0v) is 14.4. The number of fused-ring (bicyclic) bond motifs is 2. The molecule has 1 heterocycles. The van der Waals surface area contributed by atoms with Gasteiger partial charge in [0.2, 0.25) is 0 Å². The van der Waals surface area contributed by atoms with E-state index in [2.05, 4.69) is 22.5 Å². The topological polar surface area (TPSA) is 68.3 Å². The molecule has 1 fully saturated rings. The van der Waals surface area contributed by atoms with E-state index >= 15 is 0 Å². The number of benzene rings is 1. The van der Waals surface area contributed by atoms with Gasteiger partial charge >= 0.3 is 5.97 Å². The van der Waals surface area contributed by atoms with Crippen molar-refractivity contribution in [2.24, 2.45) is 17.8 Å². The predicted octanol–water partition coefficient (Wildman–Crippen LogP) is 3.50. The van der Waals surface area contributed by atoms with Crippen LogP contribution in [0.5, 0.6) is 0 Å². The minimum Gasteiger partial charge on any atom is -0.455 e. The third-order valence-corrected chi connectivity index (χ3v) is 5.50. The van der Waals surface area contributed by atoms with Crippen molar-refractivity contribution in [3.63, 3.8) is 0 Å². The van der Waals surface area contributed by atoms with Gasteiger partial charge in [-0.2, -0.15) is 0 Å². The molecule has 2 aromatic rings. The molecule has 0 spiro atoms. The summed E-state index contributed by atoms with van der Waals surface area (Å²) in [5.74, 6) is 0.0699. The second-order valence-electron chi connectivity index (χ2n) is 6.45. The highest BCUT2D eigenvalue weighted by molar-refractivity contribution is 7.14. The summed E-state index contributed by atoms with van der Waals surface area (Å²) in [4.78, 5) is 28.5. The number of carbonyl (C=O) groups is 2. The van der Waals surface area contributed by atoms with Gasteiger partial charge in [-0.25, -0.2) is 4.98 Å². The Morgan fingerprint density at radius 1 is 1.20 bits per heavy atom. The van der Waals surface area contributed by atoms with E-state index in [4.69, 9.17) is 4.74 Å². The Labute approximate surface area is 149 Å². The number of thiazole rings is 1. The van der Waals surface area contributed by atoms with E-state index in [9.17, 15) is 9.59 Å². The highest BCUT2D eigenvalue weighted by Crippen LogP contribution is 2.43. The Hall–Kier alpha value is -2.47. The van der Waals surface area contributed by atoms with Crippen LogP contribution < -0.4 is 5.32 Å². The summed E-state index contributed by atoms with van der Waals surface area (Å²) in [7, 11) is 0. The van der Waals surface area contributed by atoms with Crippen molar-refractivity contribution in [3.8, 4) is 11.3 Å². The molecule has 5 nitrogen and oxygen atoms in total. The van der Waals surface area contributed by atoms with Crippen LogP contribution in [0.25, 0.3) is 11.3 Å². The SMILES string of the molecule is O=C(COC(=O)[C@H]1C[C@@H]2C=C[C@H]1C2)Nc1nc(-c2ccccc2)cs1. The van der Waals surface area contributed by atoms with Gasteiger partial charge in [0.05, 0.1) is 11.6 Å². The number of ether oxygens (including phenoxy) is 1. The van der Waals surface area contributed by atoms with Crippen LogP contribution >= 0.6 is 11.3 Å². The Balaban J connectivity index is 1.29. The summed E-state index contributed by atoms with van der Waals surface area (Å²) in [6.07, 6.45) is 6.15. The van der Waals surface area contributed by atoms with Crippen molar-refractivity contribution in [1.29, 1.82) is 0 Å². The first-order chi connectivity index (χ1) is 12.2. The molecule has 2 bridgehead atoms. The summed E-state index contributed by atoms with van der Waals surface area (Å²) in [5.41, 5.74) is 1.81. The van der Waals surface area contributed by atoms with Crippen molar-refractivity contribution < 1.29 is 14.3 Å². The fourth-order valence-corrected chi connectivity index (χ4v) is 4.26. The zero-order valence-electron chi connectivity index (χ0n) is 13.6. The lowest BCUT2D eigenvalue weighted by Crippen LogP contribution is -2.26. The molecular formula is C19H18N2O3S. The minimum absolute atomic E-state index is 0.0904. The van der Waals surface area contributed by atoms with Gasteiger partial charge in [-0.15, -0.1) is 11.3 Å². The fourth-order valence-electron chi connectivity index (χ4n) is 3.52. The van der Waals surface area contributed by atoms with E-state index in [1.807, 2.05) is 35.7 Å². The fraction of sp³-hybridized carbons (Fsp3) is 0.316. The maximum absolute atomic E-state index is 12.1. The van der Waals surface area contributed by atoms with Crippen molar-refractivity contribution in [1.82, 2.24) is 4.98 Å². The predicted molar refractivity (Wildman–Crippen MR) is 96.0 cm³/mol. The first-order valence-electron chi connectivity index (χ1n) is 8.35. The van der Waals surface area contributed by atoms with Gasteiger partial charge in [0.25, 0.3) is 5.91 Å².